The standard InChI is InChI=1S/C18H26ClN3O5/c1-26-16-4-3-13(11-14(16)19)21-17(23)12-15(18(24)25)20-5-2-6-22-7-9-27-10-8-22/h3-4,11,15,20H,2,5-10,12H2,1H3,(H,21,23)(H,24,25). The van der Waals surface area contributed by atoms with E-state index in [1.54, 1.807) is 18.2 Å². The molecule has 0 aromatic heterocycles. The first-order chi connectivity index (χ1) is 13.0. The molecule has 3 N–H and O–H groups in total. The summed E-state index contributed by atoms with van der Waals surface area (Å²) < 4.78 is 10.4. The zero-order valence-electron chi connectivity index (χ0n) is 15.4. The number of rotatable bonds is 10. The molecule has 150 valence electrons. The first-order valence-corrected chi connectivity index (χ1v) is 9.27. The molecular formula is C18H26ClN3O5. The monoisotopic (exact) mass is 399 g/mol. The lowest BCUT2D eigenvalue weighted by Gasteiger charge is -2.26. The number of hydrogen-bond acceptors (Lipinski definition) is 6. The van der Waals surface area contributed by atoms with E-state index in [-0.39, 0.29) is 6.42 Å². The van der Waals surface area contributed by atoms with Gasteiger partial charge in [-0.15, -0.1) is 0 Å². The molecule has 1 aliphatic heterocycles. The van der Waals surface area contributed by atoms with E-state index in [0.717, 1.165) is 39.3 Å². The molecule has 0 radical (unpaired) electrons. The smallest absolute Gasteiger partial charge is 0.321 e. The molecule has 9 heteroatoms. The number of carboxylic acid groups (broad SMARTS) is 1. The summed E-state index contributed by atoms with van der Waals surface area (Å²) in [5, 5.41) is 15.3. The van der Waals surface area contributed by atoms with Crippen molar-refractivity contribution in [2.75, 3.05) is 51.8 Å². The van der Waals surface area contributed by atoms with Crippen molar-refractivity contribution in [1.82, 2.24) is 10.2 Å². The second kappa shape index (κ2) is 11.1. The summed E-state index contributed by atoms with van der Waals surface area (Å²) in [5.74, 6) is -0.950. The summed E-state index contributed by atoms with van der Waals surface area (Å²) >= 11 is 6.02. The summed E-state index contributed by atoms with van der Waals surface area (Å²) in [4.78, 5) is 25.9. The summed E-state index contributed by atoms with van der Waals surface area (Å²) in [6.45, 7) is 4.67. The number of carbonyl (C=O) groups is 2. The number of methoxy groups -OCH3 is 1. The number of morpholine rings is 1. The van der Waals surface area contributed by atoms with Gasteiger partial charge >= 0.3 is 5.97 Å². The third-order valence-electron chi connectivity index (χ3n) is 4.27. The Bertz CT molecular complexity index is 637. The van der Waals surface area contributed by atoms with Crippen molar-refractivity contribution in [1.29, 1.82) is 0 Å². The molecule has 0 saturated carbocycles. The van der Waals surface area contributed by atoms with Crippen LogP contribution in [-0.4, -0.2) is 74.4 Å². The Labute approximate surface area is 163 Å². The lowest BCUT2D eigenvalue weighted by Crippen LogP contribution is -2.42. The lowest BCUT2D eigenvalue weighted by atomic mass is 10.2. The van der Waals surface area contributed by atoms with Crippen molar-refractivity contribution in [3.8, 4) is 5.75 Å². The number of carbonyl (C=O) groups excluding carboxylic acids is 1. The highest BCUT2D eigenvalue weighted by Gasteiger charge is 2.21. The van der Waals surface area contributed by atoms with Gasteiger partial charge in [-0.3, -0.25) is 14.5 Å². The molecule has 1 aromatic rings. The first kappa shape index (κ1) is 21.4. The molecule has 2 rings (SSSR count). The van der Waals surface area contributed by atoms with Gasteiger partial charge in [-0.25, -0.2) is 0 Å². The van der Waals surface area contributed by atoms with Crippen LogP contribution in [0, 0.1) is 0 Å². The van der Waals surface area contributed by atoms with Crippen molar-refractivity contribution < 1.29 is 24.2 Å². The van der Waals surface area contributed by atoms with E-state index in [4.69, 9.17) is 21.1 Å². The average molecular weight is 400 g/mol. The average Bonchev–Trinajstić information content (AvgIpc) is 2.65. The Morgan fingerprint density at radius 2 is 2.11 bits per heavy atom. The summed E-state index contributed by atoms with van der Waals surface area (Å²) in [5.41, 5.74) is 0.488. The molecule has 1 amide bonds. The molecule has 1 unspecified atom stereocenters. The van der Waals surface area contributed by atoms with E-state index in [1.165, 1.54) is 7.11 Å². The van der Waals surface area contributed by atoms with Crippen LogP contribution in [0.4, 0.5) is 5.69 Å². The number of carboxylic acids is 1. The minimum Gasteiger partial charge on any atom is -0.495 e. The molecular weight excluding hydrogens is 374 g/mol. The zero-order chi connectivity index (χ0) is 19.6. The Kier molecular flexibility index (Phi) is 8.80. The number of nitrogens with one attached hydrogen (secondary N) is 2. The Hall–Kier alpha value is -1.87. The third kappa shape index (κ3) is 7.34. The lowest BCUT2D eigenvalue weighted by molar-refractivity contribution is -0.141. The number of amides is 1. The number of halogens is 1. The van der Waals surface area contributed by atoms with E-state index < -0.39 is 17.9 Å². The number of anilines is 1. The highest BCUT2D eigenvalue weighted by Crippen LogP contribution is 2.27. The maximum absolute atomic E-state index is 12.2. The number of ether oxygens (including phenoxy) is 2. The molecule has 0 spiro atoms. The number of hydrogen-bond donors (Lipinski definition) is 3. The van der Waals surface area contributed by atoms with Crippen molar-refractivity contribution in [3.05, 3.63) is 23.2 Å². The van der Waals surface area contributed by atoms with Crippen molar-refractivity contribution in [2.24, 2.45) is 0 Å². The van der Waals surface area contributed by atoms with Crippen LogP contribution >= 0.6 is 11.6 Å². The van der Waals surface area contributed by atoms with Crippen LogP contribution < -0.4 is 15.4 Å². The Morgan fingerprint density at radius 3 is 2.74 bits per heavy atom. The van der Waals surface area contributed by atoms with Gasteiger partial charge in [0.05, 0.1) is 31.8 Å². The molecule has 1 saturated heterocycles. The predicted octanol–water partition coefficient (Wildman–Crippen LogP) is 1.44. The second-order valence-electron chi connectivity index (χ2n) is 6.25. The van der Waals surface area contributed by atoms with Gasteiger partial charge in [-0.1, -0.05) is 11.6 Å². The normalized spacial score (nSPS) is 15.9. The van der Waals surface area contributed by atoms with Crippen molar-refractivity contribution >= 4 is 29.2 Å². The van der Waals surface area contributed by atoms with Crippen LogP contribution in [0.15, 0.2) is 18.2 Å². The number of aliphatic carboxylic acids is 1. The van der Waals surface area contributed by atoms with Gasteiger partial charge in [0.25, 0.3) is 0 Å². The molecule has 1 fully saturated rings. The molecule has 1 aromatic carbocycles. The molecule has 1 atom stereocenters. The predicted molar refractivity (Wildman–Crippen MR) is 103 cm³/mol. The fourth-order valence-electron chi connectivity index (χ4n) is 2.79. The minimum atomic E-state index is -1.05. The fourth-order valence-corrected chi connectivity index (χ4v) is 3.05. The topological polar surface area (TPSA) is 100 Å². The van der Waals surface area contributed by atoms with Crippen LogP contribution in [0.2, 0.25) is 5.02 Å². The highest BCUT2D eigenvalue weighted by atomic mass is 35.5. The second-order valence-corrected chi connectivity index (χ2v) is 6.66. The number of benzene rings is 1. The van der Waals surface area contributed by atoms with Gasteiger partial charge < -0.3 is 25.2 Å². The SMILES string of the molecule is COc1ccc(NC(=O)CC(NCCCN2CCOCC2)C(=O)O)cc1Cl. The van der Waals surface area contributed by atoms with Crippen LogP contribution in [0.3, 0.4) is 0 Å². The molecule has 1 aliphatic rings. The fraction of sp³-hybridized carbons (Fsp3) is 0.556. The third-order valence-corrected chi connectivity index (χ3v) is 4.56. The quantitative estimate of drug-likeness (QED) is 0.512. The van der Waals surface area contributed by atoms with Crippen molar-refractivity contribution in [2.45, 2.75) is 18.9 Å². The zero-order valence-corrected chi connectivity index (χ0v) is 16.1. The molecule has 0 aliphatic carbocycles. The van der Waals surface area contributed by atoms with E-state index in [0.29, 0.717) is 23.0 Å². The minimum absolute atomic E-state index is 0.170. The summed E-state index contributed by atoms with van der Waals surface area (Å²) in [6, 6.07) is 3.90. The molecule has 27 heavy (non-hydrogen) atoms. The van der Waals surface area contributed by atoms with Gasteiger partial charge in [0.15, 0.2) is 0 Å². The summed E-state index contributed by atoms with van der Waals surface area (Å²) in [6.07, 6.45) is 0.635. The largest absolute Gasteiger partial charge is 0.495 e. The van der Waals surface area contributed by atoms with E-state index >= 15 is 0 Å². The van der Waals surface area contributed by atoms with Crippen LogP contribution in [0.5, 0.6) is 5.75 Å². The molecule has 8 nitrogen and oxygen atoms in total. The number of nitrogens with zero attached hydrogens (tertiary/aromatic N) is 1. The van der Waals surface area contributed by atoms with E-state index in [9.17, 15) is 14.7 Å². The van der Waals surface area contributed by atoms with E-state index in [1.807, 2.05) is 0 Å². The molecule has 1 heterocycles. The van der Waals surface area contributed by atoms with Gasteiger partial charge in [0, 0.05) is 18.8 Å². The summed E-state index contributed by atoms with van der Waals surface area (Å²) in [7, 11) is 1.50. The van der Waals surface area contributed by atoms with Crippen LogP contribution in [0.25, 0.3) is 0 Å². The van der Waals surface area contributed by atoms with Crippen LogP contribution in [-0.2, 0) is 14.3 Å². The van der Waals surface area contributed by atoms with Gasteiger partial charge in [0.1, 0.15) is 11.8 Å². The van der Waals surface area contributed by atoms with Crippen LogP contribution in [0.1, 0.15) is 12.8 Å². The molecule has 0 bridgehead atoms. The maximum Gasteiger partial charge on any atom is 0.321 e. The van der Waals surface area contributed by atoms with E-state index in [2.05, 4.69) is 15.5 Å². The Balaban J connectivity index is 1.76. The van der Waals surface area contributed by atoms with Gasteiger partial charge in [0.2, 0.25) is 5.91 Å². The van der Waals surface area contributed by atoms with Gasteiger partial charge in [-0.2, -0.15) is 0 Å². The van der Waals surface area contributed by atoms with Crippen molar-refractivity contribution in [3.63, 3.8) is 0 Å². The van der Waals surface area contributed by atoms with Gasteiger partial charge in [-0.05, 0) is 37.7 Å². The first-order valence-electron chi connectivity index (χ1n) is 8.89. The highest BCUT2D eigenvalue weighted by molar-refractivity contribution is 6.32. The maximum atomic E-state index is 12.2. The Morgan fingerprint density at radius 1 is 1.37 bits per heavy atom.